The second-order valence-corrected chi connectivity index (χ2v) is 5.93. The molecule has 2 N–H and O–H groups in total. The summed E-state index contributed by atoms with van der Waals surface area (Å²) in [5.41, 5.74) is 1.33. The van der Waals surface area contributed by atoms with Gasteiger partial charge in [0.25, 0.3) is 0 Å². The predicted molar refractivity (Wildman–Crippen MR) is 79.9 cm³/mol. The number of allylic oxidation sites excluding steroid dienone is 1. The summed E-state index contributed by atoms with van der Waals surface area (Å²) < 4.78 is 5.31. The highest BCUT2D eigenvalue weighted by molar-refractivity contribution is 7.80. The van der Waals surface area contributed by atoms with E-state index in [1.807, 2.05) is 38.3 Å². The van der Waals surface area contributed by atoms with Gasteiger partial charge in [-0.3, -0.25) is 0 Å². The van der Waals surface area contributed by atoms with Crippen LogP contribution in [0.4, 0.5) is 0 Å². The van der Waals surface area contributed by atoms with Crippen LogP contribution in [0, 0.1) is 0 Å². The first kappa shape index (κ1) is 14.0. The number of thiophene rings is 1. The lowest BCUT2D eigenvalue weighted by Crippen LogP contribution is -2.45. The number of hydrogen-bond acceptors (Lipinski definition) is 4. The van der Waals surface area contributed by atoms with E-state index in [0.29, 0.717) is 10.7 Å². The van der Waals surface area contributed by atoms with E-state index >= 15 is 0 Å². The van der Waals surface area contributed by atoms with Crippen molar-refractivity contribution in [2.75, 3.05) is 0 Å². The predicted octanol–water partition coefficient (Wildman–Crippen LogP) is 2.49. The smallest absolute Gasteiger partial charge is 0.338 e. The Morgan fingerprint density at radius 3 is 2.84 bits per heavy atom. The topological polar surface area (TPSA) is 50.4 Å². The van der Waals surface area contributed by atoms with Crippen molar-refractivity contribution >= 4 is 34.6 Å². The maximum atomic E-state index is 12.2. The first-order valence-electron chi connectivity index (χ1n) is 6.01. The van der Waals surface area contributed by atoms with Gasteiger partial charge in [0, 0.05) is 10.6 Å². The lowest BCUT2D eigenvalue weighted by atomic mass is 10.0. The largest absolute Gasteiger partial charge is 0.459 e. The molecule has 2 heterocycles. The molecule has 0 radical (unpaired) electrons. The van der Waals surface area contributed by atoms with Crippen LogP contribution in [0.1, 0.15) is 31.7 Å². The van der Waals surface area contributed by atoms with Crippen molar-refractivity contribution in [1.29, 1.82) is 0 Å². The number of carbonyl (C=O) groups excluding carboxylic acids is 1. The summed E-state index contributed by atoms with van der Waals surface area (Å²) in [4.78, 5) is 13.3. The second-order valence-electron chi connectivity index (χ2n) is 4.54. The van der Waals surface area contributed by atoms with Gasteiger partial charge >= 0.3 is 5.97 Å². The van der Waals surface area contributed by atoms with E-state index in [9.17, 15) is 4.79 Å². The van der Waals surface area contributed by atoms with Crippen molar-refractivity contribution in [3.8, 4) is 0 Å². The van der Waals surface area contributed by atoms with Gasteiger partial charge in [-0.15, -0.1) is 11.3 Å². The third-order valence-corrected chi connectivity index (χ3v) is 3.82. The SMILES string of the molecule is CC1=C(C(=O)OC(C)C)[C@@H](c2cccs2)NC(=S)N1. The van der Waals surface area contributed by atoms with E-state index in [-0.39, 0.29) is 18.1 Å². The summed E-state index contributed by atoms with van der Waals surface area (Å²) in [5, 5.41) is 8.60. The number of carbonyl (C=O) groups is 1. The molecule has 0 unspecified atom stereocenters. The van der Waals surface area contributed by atoms with Crippen LogP contribution >= 0.6 is 23.6 Å². The Labute approximate surface area is 121 Å². The maximum Gasteiger partial charge on any atom is 0.338 e. The van der Waals surface area contributed by atoms with Gasteiger partial charge in [0.2, 0.25) is 0 Å². The van der Waals surface area contributed by atoms with Crippen LogP contribution < -0.4 is 10.6 Å². The minimum absolute atomic E-state index is 0.148. The fourth-order valence-corrected chi connectivity index (χ4v) is 2.97. The molecule has 0 bridgehead atoms. The zero-order valence-corrected chi connectivity index (χ0v) is 12.7. The molecule has 0 aliphatic carbocycles. The van der Waals surface area contributed by atoms with Crippen LogP contribution in [0.5, 0.6) is 0 Å². The highest BCUT2D eigenvalue weighted by Gasteiger charge is 2.31. The van der Waals surface area contributed by atoms with E-state index in [4.69, 9.17) is 17.0 Å². The van der Waals surface area contributed by atoms with Gasteiger partial charge in [-0.25, -0.2) is 4.79 Å². The molecular formula is C13H16N2O2S2. The summed E-state index contributed by atoms with van der Waals surface area (Å²) in [7, 11) is 0. The fourth-order valence-electron chi connectivity index (χ4n) is 1.91. The van der Waals surface area contributed by atoms with Crippen molar-refractivity contribution in [1.82, 2.24) is 10.6 Å². The number of nitrogens with one attached hydrogen (secondary N) is 2. The molecule has 102 valence electrons. The number of rotatable bonds is 3. The van der Waals surface area contributed by atoms with Crippen LogP contribution in [0.3, 0.4) is 0 Å². The molecule has 6 heteroatoms. The molecule has 0 saturated carbocycles. The number of thiocarbonyl (C=S) groups is 1. The minimum atomic E-state index is -0.312. The van der Waals surface area contributed by atoms with Gasteiger partial charge in [0.05, 0.1) is 17.7 Å². The zero-order valence-electron chi connectivity index (χ0n) is 11.0. The van der Waals surface area contributed by atoms with Gasteiger partial charge in [0.15, 0.2) is 5.11 Å². The molecule has 0 aromatic carbocycles. The third kappa shape index (κ3) is 3.13. The molecule has 1 aliphatic heterocycles. The summed E-state index contributed by atoms with van der Waals surface area (Å²) in [6.07, 6.45) is -0.148. The van der Waals surface area contributed by atoms with Crippen molar-refractivity contribution in [2.45, 2.75) is 32.9 Å². The Kier molecular flexibility index (Phi) is 4.21. The third-order valence-electron chi connectivity index (χ3n) is 2.66. The van der Waals surface area contributed by atoms with E-state index in [1.54, 1.807) is 11.3 Å². The lowest BCUT2D eigenvalue weighted by molar-refractivity contribution is -0.143. The number of esters is 1. The van der Waals surface area contributed by atoms with Crippen LogP contribution in [0.25, 0.3) is 0 Å². The average molecular weight is 296 g/mol. The summed E-state index contributed by atoms with van der Waals surface area (Å²) >= 11 is 6.74. The summed E-state index contributed by atoms with van der Waals surface area (Å²) in [5.74, 6) is -0.312. The number of hydrogen-bond donors (Lipinski definition) is 2. The summed E-state index contributed by atoms with van der Waals surface area (Å²) in [6.45, 7) is 5.51. The van der Waals surface area contributed by atoms with Crippen molar-refractivity contribution < 1.29 is 9.53 Å². The van der Waals surface area contributed by atoms with E-state index < -0.39 is 0 Å². The molecule has 4 nitrogen and oxygen atoms in total. The zero-order chi connectivity index (χ0) is 14.0. The van der Waals surface area contributed by atoms with Crippen LogP contribution in [-0.2, 0) is 9.53 Å². The van der Waals surface area contributed by atoms with Crippen molar-refractivity contribution in [2.24, 2.45) is 0 Å². The maximum absolute atomic E-state index is 12.2. The van der Waals surface area contributed by atoms with Crippen LogP contribution in [0.15, 0.2) is 28.8 Å². The quantitative estimate of drug-likeness (QED) is 0.663. The van der Waals surface area contributed by atoms with Crippen LogP contribution in [0.2, 0.25) is 0 Å². The molecule has 1 atom stereocenters. The first-order chi connectivity index (χ1) is 8.99. The fraction of sp³-hybridized carbons (Fsp3) is 0.385. The Bertz CT molecular complexity index is 521. The molecular weight excluding hydrogens is 280 g/mol. The van der Waals surface area contributed by atoms with Gasteiger partial charge in [-0.2, -0.15) is 0 Å². The van der Waals surface area contributed by atoms with Crippen molar-refractivity contribution in [3.05, 3.63) is 33.7 Å². The molecule has 0 spiro atoms. The minimum Gasteiger partial charge on any atom is -0.459 e. The summed E-state index contributed by atoms with van der Waals surface area (Å²) in [6, 6.07) is 3.69. The molecule has 0 amide bonds. The Hall–Kier alpha value is -1.40. The molecule has 1 aromatic rings. The van der Waals surface area contributed by atoms with E-state index in [1.165, 1.54) is 0 Å². The van der Waals surface area contributed by atoms with E-state index in [0.717, 1.165) is 10.6 Å². The van der Waals surface area contributed by atoms with E-state index in [2.05, 4.69) is 10.6 Å². The molecule has 2 rings (SSSR count). The highest BCUT2D eigenvalue weighted by Crippen LogP contribution is 2.30. The molecule has 19 heavy (non-hydrogen) atoms. The van der Waals surface area contributed by atoms with Crippen LogP contribution in [-0.4, -0.2) is 17.2 Å². The molecule has 1 aliphatic rings. The Morgan fingerprint density at radius 2 is 2.26 bits per heavy atom. The standard InChI is InChI=1S/C13H16N2O2S2/c1-7(2)17-12(16)10-8(3)14-13(18)15-11(10)9-5-4-6-19-9/h4-7,11H,1-3H3,(H2,14,15,18)/t11-/m1/s1. The highest BCUT2D eigenvalue weighted by atomic mass is 32.1. The molecule has 1 aromatic heterocycles. The molecule has 0 saturated heterocycles. The second kappa shape index (κ2) is 5.71. The number of ether oxygens (including phenoxy) is 1. The lowest BCUT2D eigenvalue weighted by Gasteiger charge is -2.29. The monoisotopic (exact) mass is 296 g/mol. The first-order valence-corrected chi connectivity index (χ1v) is 7.30. The van der Waals surface area contributed by atoms with Gasteiger partial charge in [-0.05, 0) is 44.4 Å². The van der Waals surface area contributed by atoms with Crippen molar-refractivity contribution in [3.63, 3.8) is 0 Å². The van der Waals surface area contributed by atoms with Gasteiger partial charge in [0.1, 0.15) is 0 Å². The molecule has 0 fully saturated rings. The Morgan fingerprint density at radius 1 is 1.53 bits per heavy atom. The normalized spacial score (nSPS) is 19.2. The average Bonchev–Trinajstić information content (AvgIpc) is 2.79. The van der Waals surface area contributed by atoms with Gasteiger partial charge < -0.3 is 15.4 Å². The Balaban J connectivity index is 2.36. The van der Waals surface area contributed by atoms with Gasteiger partial charge in [-0.1, -0.05) is 6.07 Å².